The minimum absolute atomic E-state index is 0.0280. The standard InChI is InChI=1S/C21H25F3N3O2S/c1-26(2)14-5-6-17-18(12-14)30-19-13-15(27(7-9-28-3)8-10-29-4)11-16(20(19)25-17)21(22,23)24/h5-6,11-13H,7-10H2,1-4H3/q+1. The van der Waals surface area contributed by atoms with Gasteiger partial charge in [-0.2, -0.15) is 13.2 Å². The third-order valence-electron chi connectivity index (χ3n) is 4.77. The van der Waals surface area contributed by atoms with Gasteiger partial charge in [0.05, 0.1) is 39.6 Å². The predicted molar refractivity (Wildman–Crippen MR) is 114 cm³/mol. The summed E-state index contributed by atoms with van der Waals surface area (Å²) in [4.78, 5) is 7.05. The van der Waals surface area contributed by atoms with E-state index in [4.69, 9.17) is 9.47 Å². The molecular weight excluding hydrogens is 415 g/mol. The van der Waals surface area contributed by atoms with Gasteiger partial charge in [0.1, 0.15) is 14.1 Å². The molecule has 0 amide bonds. The Balaban J connectivity index is 2.25. The number of nitrogens with zero attached hydrogens (tertiary/aromatic N) is 3. The SMILES string of the molecule is COCCN(CCOC)c1cc(C(F)(F)F)c2nc3ccc(=[N+](C)C)cc-3sc2c1. The van der Waals surface area contributed by atoms with Crippen LogP contribution in [0.2, 0.25) is 0 Å². The van der Waals surface area contributed by atoms with Gasteiger partial charge in [-0.3, -0.25) is 0 Å². The van der Waals surface area contributed by atoms with Crippen LogP contribution in [0.1, 0.15) is 5.56 Å². The maximum Gasteiger partial charge on any atom is 0.418 e. The molecule has 1 aromatic rings. The van der Waals surface area contributed by atoms with Crippen molar-refractivity contribution in [3.63, 3.8) is 0 Å². The van der Waals surface area contributed by atoms with Crippen LogP contribution >= 0.6 is 11.3 Å². The average Bonchev–Trinajstić information content (AvgIpc) is 2.70. The zero-order valence-electron chi connectivity index (χ0n) is 17.4. The maximum absolute atomic E-state index is 13.9. The highest BCUT2D eigenvalue weighted by atomic mass is 32.1. The maximum atomic E-state index is 13.9. The molecule has 1 heterocycles. The van der Waals surface area contributed by atoms with E-state index in [1.54, 1.807) is 26.4 Å². The molecule has 5 nitrogen and oxygen atoms in total. The quantitative estimate of drug-likeness (QED) is 0.416. The Morgan fingerprint density at radius 2 is 1.70 bits per heavy atom. The molecule has 1 aliphatic carbocycles. The molecule has 3 rings (SSSR count). The van der Waals surface area contributed by atoms with E-state index in [1.807, 2.05) is 35.7 Å². The van der Waals surface area contributed by atoms with Crippen molar-refractivity contribution in [2.45, 2.75) is 6.18 Å². The van der Waals surface area contributed by atoms with Crippen molar-refractivity contribution in [2.24, 2.45) is 0 Å². The van der Waals surface area contributed by atoms with Crippen molar-refractivity contribution in [3.8, 4) is 10.6 Å². The molecular formula is C21H25F3N3O2S+. The first kappa shape index (κ1) is 22.5. The summed E-state index contributed by atoms with van der Waals surface area (Å²) in [7, 11) is 6.97. The second-order valence-electron chi connectivity index (χ2n) is 7.07. The van der Waals surface area contributed by atoms with Gasteiger partial charge in [0.25, 0.3) is 0 Å². The summed E-state index contributed by atoms with van der Waals surface area (Å²) in [6.45, 7) is 1.71. The van der Waals surface area contributed by atoms with Crippen molar-refractivity contribution in [1.82, 2.24) is 9.56 Å². The largest absolute Gasteiger partial charge is 0.418 e. The van der Waals surface area contributed by atoms with E-state index in [1.165, 1.54) is 17.4 Å². The molecule has 30 heavy (non-hydrogen) atoms. The Labute approximate surface area is 177 Å². The fraction of sp³-hybridized carbons (Fsp3) is 0.429. The number of ether oxygens (including phenoxy) is 2. The van der Waals surface area contributed by atoms with E-state index in [0.717, 1.165) is 10.2 Å². The number of benzene rings is 2. The lowest BCUT2D eigenvalue weighted by atomic mass is 10.1. The fourth-order valence-corrected chi connectivity index (χ4v) is 4.22. The van der Waals surface area contributed by atoms with Gasteiger partial charge in [-0.1, -0.05) is 0 Å². The van der Waals surface area contributed by atoms with Crippen molar-refractivity contribution in [1.29, 1.82) is 0 Å². The molecule has 0 saturated heterocycles. The lowest BCUT2D eigenvalue weighted by Gasteiger charge is -2.26. The van der Waals surface area contributed by atoms with Crippen molar-refractivity contribution < 1.29 is 22.6 Å². The predicted octanol–water partition coefficient (Wildman–Crippen LogP) is 3.55. The average molecular weight is 441 g/mol. The topological polar surface area (TPSA) is 37.6 Å². The number of anilines is 1. The molecule has 0 spiro atoms. The highest BCUT2D eigenvalue weighted by Crippen LogP contribution is 2.40. The highest BCUT2D eigenvalue weighted by Gasteiger charge is 2.35. The second-order valence-corrected chi connectivity index (χ2v) is 8.15. The molecule has 0 aromatic heterocycles. The second kappa shape index (κ2) is 9.28. The Morgan fingerprint density at radius 3 is 2.27 bits per heavy atom. The summed E-state index contributed by atoms with van der Waals surface area (Å²) in [6, 6.07) is 8.51. The van der Waals surface area contributed by atoms with Gasteiger partial charge < -0.3 is 14.4 Å². The summed E-state index contributed by atoms with van der Waals surface area (Å²) >= 11 is 1.31. The summed E-state index contributed by atoms with van der Waals surface area (Å²) in [5.41, 5.74) is 0.265. The summed E-state index contributed by atoms with van der Waals surface area (Å²) in [6.07, 6.45) is -4.51. The van der Waals surface area contributed by atoms with E-state index in [0.29, 0.717) is 42.4 Å². The van der Waals surface area contributed by atoms with Gasteiger partial charge in [-0.25, -0.2) is 9.56 Å². The minimum atomic E-state index is -4.51. The molecule has 0 atom stereocenters. The first-order chi connectivity index (χ1) is 14.2. The summed E-state index contributed by atoms with van der Waals surface area (Å²) in [5, 5.41) is 0.967. The number of hydrogen-bond acceptors (Lipinski definition) is 5. The third kappa shape index (κ3) is 4.91. The Kier molecular flexibility index (Phi) is 6.95. The van der Waals surface area contributed by atoms with Crippen LogP contribution in [-0.4, -0.2) is 59.6 Å². The lowest BCUT2D eigenvalue weighted by molar-refractivity contribution is -0.136. The molecule has 0 unspecified atom stereocenters. The minimum Gasteiger partial charge on any atom is -0.383 e. The van der Waals surface area contributed by atoms with Gasteiger partial charge in [0.2, 0.25) is 5.36 Å². The summed E-state index contributed by atoms with van der Waals surface area (Å²) in [5.74, 6) is 0. The number of alkyl halides is 3. The van der Waals surface area contributed by atoms with Crippen LogP contribution in [0.5, 0.6) is 0 Å². The monoisotopic (exact) mass is 440 g/mol. The van der Waals surface area contributed by atoms with Crippen LogP contribution in [0.25, 0.3) is 20.8 Å². The number of methoxy groups -OCH3 is 2. The zero-order chi connectivity index (χ0) is 21.9. The molecule has 0 fully saturated rings. The molecule has 0 bridgehead atoms. The number of aromatic nitrogens is 1. The van der Waals surface area contributed by atoms with Crippen LogP contribution in [-0.2, 0) is 15.7 Å². The zero-order valence-corrected chi connectivity index (χ0v) is 18.2. The van der Waals surface area contributed by atoms with Crippen LogP contribution in [0.15, 0.2) is 30.3 Å². The molecule has 2 aliphatic rings. The van der Waals surface area contributed by atoms with E-state index < -0.39 is 11.7 Å². The molecule has 162 valence electrons. The van der Waals surface area contributed by atoms with Gasteiger partial charge in [-0.05, 0) is 18.2 Å². The van der Waals surface area contributed by atoms with Crippen molar-refractivity contribution in [3.05, 3.63) is 41.3 Å². The highest BCUT2D eigenvalue weighted by molar-refractivity contribution is 7.21. The Hall–Kier alpha value is -2.23. The van der Waals surface area contributed by atoms with E-state index >= 15 is 0 Å². The first-order valence-corrected chi connectivity index (χ1v) is 10.2. The fourth-order valence-electron chi connectivity index (χ4n) is 3.15. The Morgan fingerprint density at radius 1 is 1.03 bits per heavy atom. The lowest BCUT2D eigenvalue weighted by Crippen LogP contribution is -2.31. The van der Waals surface area contributed by atoms with Gasteiger partial charge in [0, 0.05) is 45.1 Å². The normalized spacial score (nSPS) is 12.0. The molecule has 0 radical (unpaired) electrons. The van der Waals surface area contributed by atoms with Crippen molar-refractivity contribution in [2.75, 3.05) is 59.5 Å². The smallest absolute Gasteiger partial charge is 0.383 e. The Bertz CT molecular complexity index is 1050. The third-order valence-corrected chi connectivity index (χ3v) is 5.85. The van der Waals surface area contributed by atoms with Crippen LogP contribution in [0.4, 0.5) is 18.9 Å². The van der Waals surface area contributed by atoms with E-state index in [-0.39, 0.29) is 5.52 Å². The van der Waals surface area contributed by atoms with Gasteiger partial charge in [-0.15, -0.1) is 11.3 Å². The molecule has 1 aromatic carbocycles. The van der Waals surface area contributed by atoms with Gasteiger partial charge >= 0.3 is 6.18 Å². The number of fused-ring (bicyclic) bond motifs is 2. The van der Waals surface area contributed by atoms with Crippen LogP contribution in [0.3, 0.4) is 0 Å². The molecule has 0 saturated carbocycles. The number of rotatable bonds is 7. The van der Waals surface area contributed by atoms with Gasteiger partial charge in [0.15, 0.2) is 0 Å². The molecule has 0 N–H and O–H groups in total. The van der Waals surface area contributed by atoms with Crippen molar-refractivity contribution >= 4 is 27.2 Å². The number of halogens is 3. The molecule has 1 aliphatic heterocycles. The number of hydrogen-bond donors (Lipinski definition) is 0. The molecule has 9 heteroatoms. The summed E-state index contributed by atoms with van der Waals surface area (Å²) < 4.78 is 54.5. The van der Waals surface area contributed by atoms with E-state index in [2.05, 4.69) is 4.98 Å². The van der Waals surface area contributed by atoms with E-state index in [9.17, 15) is 13.2 Å². The van der Waals surface area contributed by atoms with Crippen LogP contribution < -0.4 is 14.8 Å². The van der Waals surface area contributed by atoms with Crippen LogP contribution in [0, 0.1) is 0 Å². The first-order valence-electron chi connectivity index (χ1n) is 9.43.